The van der Waals surface area contributed by atoms with Crippen molar-refractivity contribution in [2.45, 2.75) is 149 Å². The van der Waals surface area contributed by atoms with E-state index in [0.717, 1.165) is 29.0 Å². The van der Waals surface area contributed by atoms with Crippen molar-refractivity contribution < 1.29 is 135 Å². The van der Waals surface area contributed by atoms with E-state index in [-0.39, 0.29) is 54.4 Å². The number of rotatable bonds is 28. The average Bonchev–Trinajstić information content (AvgIpc) is 2.38. The van der Waals surface area contributed by atoms with Gasteiger partial charge < -0.3 is 128 Å². The number of nitrogen functional groups attached to an aromatic ring is 1. The highest BCUT2D eigenvalue weighted by Gasteiger charge is 2.53. The van der Waals surface area contributed by atoms with E-state index >= 15 is 0 Å². The number of fused-ring (bicyclic) bond motifs is 1. The van der Waals surface area contributed by atoms with Gasteiger partial charge in [0.2, 0.25) is 17.7 Å². The highest BCUT2D eigenvalue weighted by atomic mass is 32.2. The number of aliphatic hydroxyl groups excluding tert-OH is 9. The number of hydrogen-bond acceptors (Lipinski definition) is 32. The van der Waals surface area contributed by atoms with Gasteiger partial charge in [-0.25, -0.2) is 28.6 Å². The molecule has 43 heteroatoms. The van der Waals surface area contributed by atoms with Crippen LogP contribution < -0.4 is 38.9 Å². The van der Waals surface area contributed by atoms with Crippen LogP contribution in [0.5, 0.6) is 0 Å². The molecule has 3 saturated heterocycles. The minimum atomic E-state index is -5.65. The molecule has 24 N–H and O–H groups in total. The molecule has 4 fully saturated rings. The highest BCUT2D eigenvalue weighted by Crippen LogP contribution is 2.61. The smallest absolute Gasteiger partial charge is 0.394 e. The molecule has 4 aliphatic rings. The summed E-state index contributed by atoms with van der Waals surface area (Å²) in [6.45, 7) is -1.11. The molecule has 6 rings (SSSR count). The van der Waals surface area contributed by atoms with E-state index in [2.05, 4.69) is 39.7 Å². The zero-order valence-corrected chi connectivity index (χ0v) is 48.1. The van der Waals surface area contributed by atoms with Crippen molar-refractivity contribution >= 4 is 69.9 Å². The first-order chi connectivity index (χ1) is 39.2. The maximum atomic E-state index is 12.8. The molecule has 2 unspecified atom stereocenters. The first-order valence-electron chi connectivity index (χ1n) is 25.5. The Morgan fingerprint density at radius 3 is 2.04 bits per heavy atom. The second-order valence-electron chi connectivity index (χ2n) is 20.5. The third-order valence-electron chi connectivity index (χ3n) is 13.6. The summed E-state index contributed by atoms with van der Waals surface area (Å²) < 4.78 is 85.3. The van der Waals surface area contributed by atoms with Crippen molar-refractivity contribution in [3.63, 3.8) is 0 Å². The summed E-state index contributed by atoms with van der Waals surface area (Å²) in [6.07, 6.45) is -26.4. The molecule has 0 aromatic carbocycles. The fraction of sp³-hybridized carbons (Fsp3) is 0.805. The summed E-state index contributed by atoms with van der Waals surface area (Å²) in [7, 11) is -16.6. The lowest BCUT2D eigenvalue weighted by Gasteiger charge is -2.48. The van der Waals surface area contributed by atoms with Gasteiger partial charge in [0.25, 0.3) is 0 Å². The third kappa shape index (κ3) is 18.0. The highest BCUT2D eigenvalue weighted by molar-refractivity contribution is 7.99. The zero-order chi connectivity index (χ0) is 62.4. The van der Waals surface area contributed by atoms with Crippen LogP contribution in [0.1, 0.15) is 32.9 Å². The Morgan fingerprint density at radius 2 is 1.39 bits per heavy atom. The van der Waals surface area contributed by atoms with Crippen molar-refractivity contribution in [1.82, 2.24) is 35.5 Å². The lowest BCUT2D eigenvalue weighted by atomic mass is 9.84. The average molecular weight is 1290 g/mol. The van der Waals surface area contributed by atoms with Crippen LogP contribution in [-0.2, 0) is 69.6 Å². The van der Waals surface area contributed by atoms with Crippen LogP contribution >= 0.6 is 35.2 Å². The number of thioether (sulfide) groups is 1. The van der Waals surface area contributed by atoms with Gasteiger partial charge in [0.15, 0.2) is 30.3 Å². The lowest BCUT2D eigenvalue weighted by molar-refractivity contribution is -0.332. The molecule has 480 valence electrons. The maximum Gasteiger partial charge on any atom is 0.481 e. The van der Waals surface area contributed by atoms with Gasteiger partial charge >= 0.3 is 23.5 Å². The van der Waals surface area contributed by atoms with Gasteiger partial charge in [-0.05, 0) is 6.42 Å². The first-order valence-corrected chi connectivity index (χ1v) is 31.1. The number of aromatic nitrogens is 4. The fourth-order valence-electron chi connectivity index (χ4n) is 9.01. The van der Waals surface area contributed by atoms with Crippen molar-refractivity contribution in [2.24, 2.45) is 22.6 Å². The normalized spacial score (nSPS) is 35.0. The molecule has 5 heterocycles. The standard InChI is InChI=1S/C41H72N11O28P3S/c1-41(2,12-73-83(70,71)80-82(68,69)72-10-19-33(79-81(65,66)67)30(62)38(74-19)52-14-51-23-35(45)49-13-50-36(23)52)34(63)37(64)47-4-3-20(54)46-5-6-84-11-21(55)48-8-17-25(57)27(59)28(60)40(75-17)78-32-16(43)7-15(42)31(29(32)61)77-39-26(58)22(44)24(56)18(9-53)76-39/h13-19,22,24-34,38-40,53,56-63H,3-12,42-44H2,1-2H3,(H,46,54)(H,47,64)(H,48,55)(H,68,69)(H,70,71)(H2,45,49,50)(H2,65,66,67)/t15-,16+,17-,18-,19-,22+,24-,25-,26-,27+,28-,29-,30-,31+,32-,33-,34+,38-,39-,40-/m1/s1. The summed E-state index contributed by atoms with van der Waals surface area (Å²) in [5.74, 6) is -2.25. The van der Waals surface area contributed by atoms with E-state index in [4.69, 9.17) is 55.7 Å². The molecular weight excluding hydrogens is 1220 g/mol. The van der Waals surface area contributed by atoms with Crippen LogP contribution in [0.3, 0.4) is 0 Å². The number of phosphoric acid groups is 3. The second-order valence-corrected chi connectivity index (χ2v) is 25.8. The topological polar surface area (TPSA) is 632 Å². The molecule has 0 radical (unpaired) electrons. The lowest BCUT2D eigenvalue weighted by Crippen LogP contribution is -2.68. The van der Waals surface area contributed by atoms with E-state index in [1.807, 2.05) is 0 Å². The minimum Gasteiger partial charge on any atom is -0.394 e. The van der Waals surface area contributed by atoms with Crippen LogP contribution in [0.4, 0.5) is 5.82 Å². The van der Waals surface area contributed by atoms with Crippen molar-refractivity contribution in [1.29, 1.82) is 0 Å². The Bertz CT molecular complexity index is 2690. The van der Waals surface area contributed by atoms with Gasteiger partial charge in [0.05, 0.1) is 37.9 Å². The molecule has 3 aliphatic heterocycles. The zero-order valence-electron chi connectivity index (χ0n) is 44.6. The Morgan fingerprint density at radius 1 is 0.762 bits per heavy atom. The van der Waals surface area contributed by atoms with Crippen molar-refractivity contribution in [3.05, 3.63) is 12.7 Å². The number of amides is 3. The van der Waals surface area contributed by atoms with Crippen molar-refractivity contribution in [2.75, 3.05) is 56.7 Å². The monoisotopic (exact) mass is 1290 g/mol. The quantitative estimate of drug-likeness (QED) is 0.0278. The second kappa shape index (κ2) is 29.4. The fourth-order valence-corrected chi connectivity index (χ4v) is 12.5. The number of hydrogen-bond donors (Lipinski definition) is 20. The summed E-state index contributed by atoms with van der Waals surface area (Å²) in [6, 6.07) is -3.30. The van der Waals surface area contributed by atoms with E-state index in [1.165, 1.54) is 13.8 Å². The predicted octanol–water partition coefficient (Wildman–Crippen LogP) is -8.98. The Kier molecular flexibility index (Phi) is 24.5. The first kappa shape index (κ1) is 69.9. The summed E-state index contributed by atoms with van der Waals surface area (Å²) in [5, 5.41) is 103. The summed E-state index contributed by atoms with van der Waals surface area (Å²) >= 11 is 1.07. The summed E-state index contributed by atoms with van der Waals surface area (Å²) in [5.41, 5.74) is 22.4. The molecule has 39 nitrogen and oxygen atoms in total. The molecule has 0 bridgehead atoms. The van der Waals surface area contributed by atoms with Crippen LogP contribution in [0.2, 0.25) is 0 Å². The Hall–Kier alpha value is -3.20. The Balaban J connectivity index is 0.865. The number of nitrogens with two attached hydrogens (primary N) is 4. The number of imidazole rings is 1. The van der Waals surface area contributed by atoms with Crippen LogP contribution in [0.25, 0.3) is 11.2 Å². The number of carbonyl (C=O) groups excluding carboxylic acids is 3. The molecule has 3 amide bonds. The molecule has 1 aliphatic carbocycles. The van der Waals surface area contributed by atoms with Crippen LogP contribution in [-0.4, -0.2) is 270 Å². The number of ether oxygens (including phenoxy) is 5. The number of carbonyl (C=O) groups is 3. The third-order valence-corrected chi connectivity index (χ3v) is 17.7. The van der Waals surface area contributed by atoms with Gasteiger partial charge in [-0.15, -0.1) is 0 Å². The largest absolute Gasteiger partial charge is 0.481 e. The van der Waals surface area contributed by atoms with E-state index in [9.17, 15) is 93.6 Å². The molecular formula is C41H72N11O28P3S. The molecule has 2 aromatic rings. The molecule has 84 heavy (non-hydrogen) atoms. The number of nitrogens with one attached hydrogen (secondary N) is 3. The number of nitrogens with zero attached hydrogens (tertiary/aromatic N) is 4. The SMILES string of the molecule is CC(C)(COP(=O)(O)OP(=O)(O)OC[C@H]1O[C@@H](n2cnc3c(N)ncnc32)[C@H](O)[C@@H]1OP(=O)(O)O)[C@@H](O)C(=O)NCCC(=O)NCCSCC(=O)NC[C@H]1O[C@H](O[C@H]2[C@H](O)[C@@H](O[C@H]3O[C@H](CO)[C@@H](O)[C@H](N)[C@H]3O)[C@H](N)C[C@@H]2N)[C@H](O)[C@@H](O)[C@@H]1O. The van der Waals surface area contributed by atoms with E-state index in [0.29, 0.717) is 0 Å². The molecule has 0 spiro atoms. The molecule has 1 saturated carbocycles. The van der Waals surface area contributed by atoms with Gasteiger partial charge in [0, 0.05) is 49.3 Å². The van der Waals surface area contributed by atoms with E-state index < -0.39 is 195 Å². The summed E-state index contributed by atoms with van der Waals surface area (Å²) in [4.78, 5) is 89.3. The predicted molar refractivity (Wildman–Crippen MR) is 279 cm³/mol. The number of phosphoric ester groups is 3. The molecule has 2 aromatic heterocycles. The van der Waals surface area contributed by atoms with Gasteiger partial charge in [-0.3, -0.25) is 32.5 Å². The van der Waals surface area contributed by atoms with E-state index in [1.54, 1.807) is 0 Å². The number of anilines is 1. The van der Waals surface area contributed by atoms with Crippen molar-refractivity contribution in [3.8, 4) is 0 Å². The molecule has 22 atom stereocenters. The minimum absolute atomic E-state index is 0.00171. The van der Waals surface area contributed by atoms with Gasteiger partial charge in [-0.1, -0.05) is 13.8 Å². The maximum absolute atomic E-state index is 12.8. The van der Waals surface area contributed by atoms with Crippen LogP contribution in [0, 0.1) is 5.41 Å². The van der Waals surface area contributed by atoms with Gasteiger partial charge in [-0.2, -0.15) is 16.1 Å². The van der Waals surface area contributed by atoms with Crippen LogP contribution in [0.15, 0.2) is 12.7 Å². The Labute approximate surface area is 480 Å². The van der Waals surface area contributed by atoms with Gasteiger partial charge in [0.1, 0.15) is 97.3 Å². The number of aliphatic hydroxyl groups is 9.